The van der Waals surface area contributed by atoms with Crippen molar-refractivity contribution in [2.24, 2.45) is 11.7 Å². The van der Waals surface area contributed by atoms with Gasteiger partial charge in [-0.3, -0.25) is 4.79 Å². The van der Waals surface area contributed by atoms with Gasteiger partial charge in [-0.15, -0.1) is 0 Å². The number of benzene rings is 1. The number of hydrogen-bond donors (Lipinski definition) is 2. The predicted octanol–water partition coefficient (Wildman–Crippen LogP) is 1.76. The normalized spacial score (nSPS) is 15.7. The summed E-state index contributed by atoms with van der Waals surface area (Å²) in [6, 6.07) is 3.99. The first-order chi connectivity index (χ1) is 10.0. The van der Waals surface area contributed by atoms with E-state index in [4.69, 9.17) is 10.5 Å². The van der Waals surface area contributed by atoms with Gasteiger partial charge < -0.3 is 20.5 Å². The molecule has 3 N–H and O–H groups in total. The highest BCUT2D eigenvalue weighted by Crippen LogP contribution is 2.31. The van der Waals surface area contributed by atoms with Crippen LogP contribution in [0, 0.1) is 5.92 Å². The Bertz CT molecular complexity index is 507. The van der Waals surface area contributed by atoms with Crippen molar-refractivity contribution >= 4 is 5.91 Å². The van der Waals surface area contributed by atoms with Crippen molar-refractivity contribution < 1.29 is 23.0 Å². The molecule has 0 bridgehead atoms. The summed E-state index contributed by atoms with van der Waals surface area (Å²) in [5, 5.41) is 2.72. The number of amides is 1. The number of carbonyl (C=O) groups excluding carboxylic acids is 1. The Labute approximate surface area is 121 Å². The third kappa shape index (κ3) is 4.29. The summed E-state index contributed by atoms with van der Waals surface area (Å²) in [5.41, 5.74) is 6.20. The Morgan fingerprint density at radius 2 is 2.14 bits per heavy atom. The van der Waals surface area contributed by atoms with E-state index in [-0.39, 0.29) is 23.4 Å². The van der Waals surface area contributed by atoms with Gasteiger partial charge in [0.2, 0.25) is 0 Å². The second kappa shape index (κ2) is 6.71. The smallest absolute Gasteiger partial charge is 0.387 e. The van der Waals surface area contributed by atoms with Crippen molar-refractivity contribution in [3.63, 3.8) is 0 Å². The molecule has 1 aliphatic rings. The molecule has 2 rings (SSSR count). The summed E-state index contributed by atoms with van der Waals surface area (Å²) in [5.74, 6) is 0.128. The molecule has 1 aliphatic carbocycles. The Kier molecular flexibility index (Phi) is 4.95. The van der Waals surface area contributed by atoms with E-state index in [1.165, 1.54) is 25.3 Å². The lowest BCUT2D eigenvalue weighted by atomic mass is 10.1. The maximum Gasteiger partial charge on any atom is 0.387 e. The molecule has 116 valence electrons. The molecule has 0 radical (unpaired) electrons. The number of ether oxygens (including phenoxy) is 2. The Morgan fingerprint density at radius 3 is 2.71 bits per heavy atom. The largest absolute Gasteiger partial charge is 0.493 e. The third-order valence-electron chi connectivity index (χ3n) is 3.37. The van der Waals surface area contributed by atoms with Crippen LogP contribution in [0.5, 0.6) is 11.5 Å². The number of halogens is 2. The lowest BCUT2D eigenvalue weighted by Gasteiger charge is -2.13. The van der Waals surface area contributed by atoms with Crippen LogP contribution in [0.3, 0.4) is 0 Å². The van der Waals surface area contributed by atoms with Gasteiger partial charge in [0.05, 0.1) is 7.11 Å². The van der Waals surface area contributed by atoms with E-state index in [0.717, 1.165) is 12.8 Å². The predicted molar refractivity (Wildman–Crippen MR) is 72.7 cm³/mol. The molecular formula is C14H18F2N2O3. The molecule has 1 aromatic carbocycles. The average molecular weight is 300 g/mol. The molecule has 21 heavy (non-hydrogen) atoms. The number of methoxy groups -OCH3 is 1. The minimum atomic E-state index is -2.95. The van der Waals surface area contributed by atoms with Gasteiger partial charge in [-0.05, 0) is 37.0 Å². The van der Waals surface area contributed by atoms with E-state index in [9.17, 15) is 13.6 Å². The highest BCUT2D eigenvalue weighted by Gasteiger charge is 2.28. The molecule has 7 heteroatoms. The maximum absolute atomic E-state index is 12.2. The lowest BCUT2D eigenvalue weighted by molar-refractivity contribution is -0.0512. The number of rotatable bonds is 7. The van der Waals surface area contributed by atoms with E-state index in [1.807, 2.05) is 0 Å². The van der Waals surface area contributed by atoms with Gasteiger partial charge in [0, 0.05) is 18.2 Å². The zero-order chi connectivity index (χ0) is 15.4. The van der Waals surface area contributed by atoms with Crippen molar-refractivity contribution in [1.29, 1.82) is 0 Å². The van der Waals surface area contributed by atoms with Gasteiger partial charge >= 0.3 is 6.61 Å². The quantitative estimate of drug-likeness (QED) is 0.805. The highest BCUT2D eigenvalue weighted by atomic mass is 19.3. The molecule has 1 fully saturated rings. The van der Waals surface area contributed by atoms with Crippen LogP contribution in [0.25, 0.3) is 0 Å². The van der Waals surface area contributed by atoms with Crippen molar-refractivity contribution in [1.82, 2.24) is 5.32 Å². The van der Waals surface area contributed by atoms with Gasteiger partial charge in [-0.1, -0.05) is 0 Å². The van der Waals surface area contributed by atoms with Crippen LogP contribution in [-0.2, 0) is 0 Å². The van der Waals surface area contributed by atoms with Crippen LogP contribution < -0.4 is 20.5 Å². The fourth-order valence-corrected chi connectivity index (χ4v) is 2.01. The SMILES string of the molecule is COc1cc(C(=O)NCC(N)C2CC2)ccc1OC(F)F. The fraction of sp³-hybridized carbons (Fsp3) is 0.500. The van der Waals surface area contributed by atoms with Crippen LogP contribution >= 0.6 is 0 Å². The summed E-state index contributed by atoms with van der Waals surface area (Å²) >= 11 is 0. The molecule has 0 spiro atoms. The molecule has 0 saturated heterocycles. The zero-order valence-electron chi connectivity index (χ0n) is 11.6. The minimum Gasteiger partial charge on any atom is -0.493 e. The molecule has 1 amide bonds. The molecule has 1 unspecified atom stereocenters. The maximum atomic E-state index is 12.2. The average Bonchev–Trinajstić information content (AvgIpc) is 3.28. The van der Waals surface area contributed by atoms with E-state index in [0.29, 0.717) is 18.0 Å². The molecule has 1 saturated carbocycles. The second-order valence-electron chi connectivity index (χ2n) is 4.96. The molecule has 0 heterocycles. The van der Waals surface area contributed by atoms with Gasteiger partial charge in [0.15, 0.2) is 11.5 Å². The molecule has 0 aliphatic heterocycles. The second-order valence-corrected chi connectivity index (χ2v) is 4.96. The number of nitrogens with one attached hydrogen (secondary N) is 1. The van der Waals surface area contributed by atoms with E-state index < -0.39 is 6.61 Å². The van der Waals surface area contributed by atoms with Gasteiger partial charge in [-0.25, -0.2) is 0 Å². The van der Waals surface area contributed by atoms with Crippen LogP contribution in [0.15, 0.2) is 18.2 Å². The Hall–Kier alpha value is -1.89. The van der Waals surface area contributed by atoms with Gasteiger partial charge in [-0.2, -0.15) is 8.78 Å². The van der Waals surface area contributed by atoms with Gasteiger partial charge in [0.25, 0.3) is 5.91 Å². The van der Waals surface area contributed by atoms with Crippen molar-refractivity contribution in [2.75, 3.05) is 13.7 Å². The van der Waals surface area contributed by atoms with Gasteiger partial charge in [0.1, 0.15) is 0 Å². The van der Waals surface area contributed by atoms with Crippen molar-refractivity contribution in [3.8, 4) is 11.5 Å². The lowest BCUT2D eigenvalue weighted by Crippen LogP contribution is -2.38. The Morgan fingerprint density at radius 1 is 1.43 bits per heavy atom. The first-order valence-corrected chi connectivity index (χ1v) is 6.68. The molecule has 1 atom stereocenters. The summed E-state index contributed by atoms with van der Waals surface area (Å²) in [4.78, 5) is 12.0. The van der Waals surface area contributed by atoms with Crippen LogP contribution in [0.4, 0.5) is 8.78 Å². The third-order valence-corrected chi connectivity index (χ3v) is 3.37. The number of hydrogen-bond acceptors (Lipinski definition) is 4. The molecule has 5 nitrogen and oxygen atoms in total. The van der Waals surface area contributed by atoms with Crippen molar-refractivity contribution in [3.05, 3.63) is 23.8 Å². The highest BCUT2D eigenvalue weighted by molar-refractivity contribution is 5.94. The summed E-state index contributed by atoms with van der Waals surface area (Å²) in [7, 11) is 1.32. The first-order valence-electron chi connectivity index (χ1n) is 6.68. The van der Waals surface area contributed by atoms with E-state index >= 15 is 0 Å². The topological polar surface area (TPSA) is 73.6 Å². The summed E-state index contributed by atoms with van der Waals surface area (Å²) in [6.45, 7) is -2.56. The molecular weight excluding hydrogens is 282 g/mol. The number of carbonyl (C=O) groups is 1. The fourth-order valence-electron chi connectivity index (χ4n) is 2.01. The minimum absolute atomic E-state index is 0.0442. The zero-order valence-corrected chi connectivity index (χ0v) is 11.6. The molecule has 0 aromatic heterocycles. The summed E-state index contributed by atoms with van der Waals surface area (Å²) in [6.07, 6.45) is 2.20. The Balaban J connectivity index is 1.99. The number of nitrogens with two attached hydrogens (primary N) is 1. The monoisotopic (exact) mass is 300 g/mol. The summed E-state index contributed by atoms with van der Waals surface area (Å²) < 4.78 is 33.7. The van der Waals surface area contributed by atoms with Crippen LogP contribution in [-0.4, -0.2) is 32.2 Å². The van der Waals surface area contributed by atoms with E-state index in [2.05, 4.69) is 10.1 Å². The van der Waals surface area contributed by atoms with E-state index in [1.54, 1.807) is 0 Å². The van der Waals surface area contributed by atoms with Crippen molar-refractivity contribution in [2.45, 2.75) is 25.5 Å². The van der Waals surface area contributed by atoms with Crippen LogP contribution in [0.2, 0.25) is 0 Å². The number of alkyl halides is 2. The van der Waals surface area contributed by atoms with Crippen LogP contribution in [0.1, 0.15) is 23.2 Å². The standard InChI is InChI=1S/C14H18F2N2O3/c1-20-12-6-9(4-5-11(12)21-14(15)16)13(19)18-7-10(17)8-2-3-8/h4-6,8,10,14H,2-3,7,17H2,1H3,(H,18,19). The molecule has 1 aromatic rings. The first kappa shape index (κ1) is 15.5.